The van der Waals surface area contributed by atoms with Crippen molar-refractivity contribution in [1.82, 2.24) is 14.8 Å². The summed E-state index contributed by atoms with van der Waals surface area (Å²) in [5, 5.41) is 7.87. The molecular formula is C12H14N4O. The zero-order valence-corrected chi connectivity index (χ0v) is 10.1. The van der Waals surface area contributed by atoms with Crippen molar-refractivity contribution in [1.29, 1.82) is 0 Å². The van der Waals surface area contributed by atoms with E-state index in [0.717, 1.165) is 11.3 Å². The molecule has 1 heterocycles. The van der Waals surface area contributed by atoms with Gasteiger partial charge in [-0.15, -0.1) is 10.2 Å². The first kappa shape index (κ1) is 11.3. The van der Waals surface area contributed by atoms with Gasteiger partial charge in [-0.1, -0.05) is 12.1 Å². The minimum absolute atomic E-state index is 0.305. The lowest BCUT2D eigenvalue weighted by Crippen LogP contribution is -2.15. The lowest BCUT2D eigenvalue weighted by Gasteiger charge is -2.14. The van der Waals surface area contributed by atoms with Crippen LogP contribution in [-0.2, 0) is 0 Å². The van der Waals surface area contributed by atoms with E-state index in [1.165, 1.54) is 0 Å². The molecule has 0 aliphatic carbocycles. The van der Waals surface area contributed by atoms with E-state index >= 15 is 0 Å². The van der Waals surface area contributed by atoms with Gasteiger partial charge in [-0.2, -0.15) is 0 Å². The predicted molar refractivity (Wildman–Crippen MR) is 65.8 cm³/mol. The van der Waals surface area contributed by atoms with E-state index in [1.807, 2.05) is 50.2 Å². The van der Waals surface area contributed by atoms with Gasteiger partial charge in [-0.05, 0) is 24.6 Å². The van der Waals surface area contributed by atoms with Gasteiger partial charge in [0.15, 0.2) is 6.29 Å². The number of nitrogens with zero attached hydrogens (tertiary/aromatic N) is 4. The number of aldehydes is 1. The first-order valence-electron chi connectivity index (χ1n) is 5.28. The average molecular weight is 230 g/mol. The number of hydrogen-bond donors (Lipinski definition) is 0. The Morgan fingerprint density at radius 1 is 1.29 bits per heavy atom. The van der Waals surface area contributed by atoms with Crippen LogP contribution in [0.4, 0.5) is 5.95 Å². The lowest BCUT2D eigenvalue weighted by molar-refractivity contribution is 0.111. The van der Waals surface area contributed by atoms with Crippen LogP contribution >= 0.6 is 0 Å². The summed E-state index contributed by atoms with van der Waals surface area (Å²) in [4.78, 5) is 12.8. The molecule has 0 atom stereocenters. The van der Waals surface area contributed by atoms with E-state index in [4.69, 9.17) is 0 Å². The summed E-state index contributed by atoms with van der Waals surface area (Å²) >= 11 is 0. The third kappa shape index (κ3) is 2.04. The number of aromatic nitrogens is 3. The third-order valence-electron chi connectivity index (χ3n) is 2.44. The molecule has 17 heavy (non-hydrogen) atoms. The van der Waals surface area contributed by atoms with Crippen LogP contribution in [0.15, 0.2) is 24.3 Å². The first-order valence-corrected chi connectivity index (χ1v) is 5.28. The van der Waals surface area contributed by atoms with Crippen molar-refractivity contribution in [2.75, 3.05) is 19.0 Å². The molecule has 1 aromatic heterocycles. The molecule has 0 aliphatic heterocycles. The second-order valence-corrected chi connectivity index (χ2v) is 4.04. The molecule has 0 saturated carbocycles. The number of anilines is 1. The van der Waals surface area contributed by atoms with Crippen molar-refractivity contribution in [2.24, 2.45) is 0 Å². The number of aryl methyl sites for hydroxylation is 1. The summed E-state index contributed by atoms with van der Waals surface area (Å²) < 4.78 is 1.74. The van der Waals surface area contributed by atoms with Gasteiger partial charge in [-0.3, -0.25) is 9.36 Å². The van der Waals surface area contributed by atoms with Gasteiger partial charge < -0.3 is 4.90 Å². The summed E-state index contributed by atoms with van der Waals surface area (Å²) in [7, 11) is 3.73. The molecule has 0 fully saturated rings. The SMILES string of the molecule is Cc1cccc(-n2c(C=O)nnc2N(C)C)c1. The number of benzene rings is 1. The molecule has 0 N–H and O–H groups in total. The van der Waals surface area contributed by atoms with Crippen molar-refractivity contribution >= 4 is 12.2 Å². The highest BCUT2D eigenvalue weighted by atomic mass is 16.1. The molecular weight excluding hydrogens is 216 g/mol. The zero-order valence-electron chi connectivity index (χ0n) is 10.1. The Bertz CT molecular complexity index is 545. The monoisotopic (exact) mass is 230 g/mol. The molecule has 1 aromatic carbocycles. The van der Waals surface area contributed by atoms with Crippen molar-refractivity contribution in [3.63, 3.8) is 0 Å². The first-order chi connectivity index (χ1) is 8.13. The Morgan fingerprint density at radius 2 is 2.06 bits per heavy atom. The van der Waals surface area contributed by atoms with Crippen molar-refractivity contribution in [2.45, 2.75) is 6.92 Å². The molecule has 0 unspecified atom stereocenters. The van der Waals surface area contributed by atoms with Crippen LogP contribution in [0.25, 0.3) is 5.69 Å². The second kappa shape index (κ2) is 4.37. The molecule has 0 bridgehead atoms. The molecule has 0 amide bonds. The van der Waals surface area contributed by atoms with Crippen molar-refractivity contribution < 1.29 is 4.79 Å². The highest BCUT2D eigenvalue weighted by Crippen LogP contribution is 2.18. The van der Waals surface area contributed by atoms with Crippen LogP contribution in [-0.4, -0.2) is 35.1 Å². The topological polar surface area (TPSA) is 51.0 Å². The predicted octanol–water partition coefficient (Wildman–Crippen LogP) is 1.45. The van der Waals surface area contributed by atoms with Gasteiger partial charge in [-0.25, -0.2) is 0 Å². The van der Waals surface area contributed by atoms with E-state index in [-0.39, 0.29) is 0 Å². The number of carbonyl (C=O) groups is 1. The molecule has 88 valence electrons. The van der Waals surface area contributed by atoms with Gasteiger partial charge in [0.25, 0.3) is 0 Å². The van der Waals surface area contributed by atoms with Crippen LogP contribution < -0.4 is 4.90 Å². The Kier molecular flexibility index (Phi) is 2.91. The Labute approximate surface area is 99.7 Å². The van der Waals surface area contributed by atoms with Gasteiger partial charge >= 0.3 is 0 Å². The zero-order chi connectivity index (χ0) is 12.4. The fourth-order valence-corrected chi connectivity index (χ4v) is 1.67. The van der Waals surface area contributed by atoms with Crippen molar-refractivity contribution in [3.8, 4) is 5.69 Å². The van der Waals surface area contributed by atoms with Crippen LogP contribution in [0.3, 0.4) is 0 Å². The molecule has 0 aliphatic rings. The summed E-state index contributed by atoms with van der Waals surface area (Å²) in [5.74, 6) is 0.942. The summed E-state index contributed by atoms with van der Waals surface area (Å²) in [6.45, 7) is 2.00. The molecule has 0 saturated heterocycles. The Hall–Kier alpha value is -2.17. The average Bonchev–Trinajstić information content (AvgIpc) is 2.72. The van der Waals surface area contributed by atoms with Gasteiger partial charge in [0.05, 0.1) is 5.69 Å². The van der Waals surface area contributed by atoms with Crippen molar-refractivity contribution in [3.05, 3.63) is 35.7 Å². The maximum atomic E-state index is 11.0. The number of rotatable bonds is 3. The van der Waals surface area contributed by atoms with Gasteiger partial charge in [0.1, 0.15) is 0 Å². The molecule has 2 aromatic rings. The summed E-state index contributed by atoms with van der Waals surface area (Å²) in [6, 6.07) is 7.86. The van der Waals surface area contributed by atoms with E-state index in [1.54, 1.807) is 4.57 Å². The minimum atomic E-state index is 0.305. The Balaban J connectivity index is 2.64. The van der Waals surface area contributed by atoms with E-state index in [9.17, 15) is 4.79 Å². The van der Waals surface area contributed by atoms with Gasteiger partial charge in [0.2, 0.25) is 11.8 Å². The molecule has 0 radical (unpaired) electrons. The van der Waals surface area contributed by atoms with Crippen LogP contribution in [0, 0.1) is 6.92 Å². The maximum absolute atomic E-state index is 11.0. The molecule has 0 spiro atoms. The molecule has 5 nitrogen and oxygen atoms in total. The van der Waals surface area contributed by atoms with E-state index in [0.29, 0.717) is 18.1 Å². The van der Waals surface area contributed by atoms with E-state index < -0.39 is 0 Å². The van der Waals surface area contributed by atoms with Crippen LogP contribution in [0.2, 0.25) is 0 Å². The quantitative estimate of drug-likeness (QED) is 0.749. The standard InChI is InChI=1S/C12H14N4O/c1-9-5-4-6-10(7-9)16-11(8-17)13-14-12(16)15(2)3/h4-8H,1-3H3. The number of hydrogen-bond acceptors (Lipinski definition) is 4. The van der Waals surface area contributed by atoms with E-state index in [2.05, 4.69) is 10.2 Å². The third-order valence-corrected chi connectivity index (χ3v) is 2.44. The van der Waals surface area contributed by atoms with Crippen LogP contribution in [0.5, 0.6) is 0 Å². The number of carbonyl (C=O) groups excluding carboxylic acids is 1. The van der Waals surface area contributed by atoms with Crippen LogP contribution in [0.1, 0.15) is 16.2 Å². The molecule has 2 rings (SSSR count). The second-order valence-electron chi connectivity index (χ2n) is 4.04. The molecule has 5 heteroatoms. The Morgan fingerprint density at radius 3 is 2.65 bits per heavy atom. The smallest absolute Gasteiger partial charge is 0.231 e. The van der Waals surface area contributed by atoms with Gasteiger partial charge in [0, 0.05) is 14.1 Å². The lowest BCUT2D eigenvalue weighted by atomic mass is 10.2. The summed E-state index contributed by atoms with van der Waals surface area (Å²) in [5.41, 5.74) is 2.01. The summed E-state index contributed by atoms with van der Waals surface area (Å²) in [6.07, 6.45) is 0.711. The highest BCUT2D eigenvalue weighted by Gasteiger charge is 2.14. The normalized spacial score (nSPS) is 10.3. The minimum Gasteiger partial charge on any atom is -0.347 e. The fourth-order valence-electron chi connectivity index (χ4n) is 1.67. The largest absolute Gasteiger partial charge is 0.347 e. The fraction of sp³-hybridized carbons (Fsp3) is 0.250. The maximum Gasteiger partial charge on any atom is 0.231 e. The highest BCUT2D eigenvalue weighted by molar-refractivity contribution is 5.72.